The van der Waals surface area contributed by atoms with Crippen LogP contribution >= 0.6 is 0 Å². The van der Waals surface area contributed by atoms with Crippen LogP contribution in [0.4, 0.5) is 0 Å². The Bertz CT molecular complexity index is 182. The van der Waals surface area contributed by atoms with E-state index in [1.807, 2.05) is 6.92 Å². The molecule has 0 aliphatic heterocycles. The van der Waals surface area contributed by atoms with Crippen molar-refractivity contribution in [2.45, 2.75) is 26.7 Å². The molecule has 0 atom stereocenters. The molecule has 0 bridgehead atoms. The van der Waals surface area contributed by atoms with Crippen molar-refractivity contribution in [1.29, 1.82) is 0 Å². The van der Waals surface area contributed by atoms with Crippen molar-refractivity contribution < 1.29 is 14.3 Å². The molecule has 0 rings (SSSR count). The van der Waals surface area contributed by atoms with Gasteiger partial charge in [-0.2, -0.15) is 0 Å². The number of esters is 1. The van der Waals surface area contributed by atoms with Crippen LogP contribution < -0.4 is 0 Å². The van der Waals surface area contributed by atoms with E-state index in [-0.39, 0.29) is 5.97 Å². The second-order valence-corrected chi connectivity index (χ2v) is 2.30. The smallest absolute Gasteiger partial charge is 0.334 e. The first-order valence-electron chi connectivity index (χ1n) is 4.07. The SMILES string of the molecule is CCCC(=CC=O)C(=O)OCC. The molecule has 0 aliphatic rings. The van der Waals surface area contributed by atoms with Gasteiger partial charge in [-0.3, -0.25) is 4.79 Å². The Hall–Kier alpha value is -1.12. The maximum atomic E-state index is 11.1. The number of rotatable bonds is 5. The first-order chi connectivity index (χ1) is 5.76. The predicted octanol–water partition coefficient (Wildman–Crippen LogP) is 1.47. The van der Waals surface area contributed by atoms with Crippen LogP contribution in [0.2, 0.25) is 0 Å². The van der Waals surface area contributed by atoms with Crippen LogP contribution in [-0.4, -0.2) is 18.9 Å². The molecule has 0 radical (unpaired) electrons. The van der Waals surface area contributed by atoms with Gasteiger partial charge in [0.1, 0.15) is 6.29 Å². The van der Waals surface area contributed by atoms with Gasteiger partial charge in [0.25, 0.3) is 0 Å². The summed E-state index contributed by atoms with van der Waals surface area (Å²) in [6.45, 7) is 4.03. The number of carbonyl (C=O) groups is 2. The normalized spacial score (nSPS) is 11.0. The molecule has 3 nitrogen and oxygen atoms in total. The van der Waals surface area contributed by atoms with Crippen LogP contribution in [0.3, 0.4) is 0 Å². The van der Waals surface area contributed by atoms with E-state index in [4.69, 9.17) is 4.74 Å². The summed E-state index contributed by atoms with van der Waals surface area (Å²) >= 11 is 0. The third-order valence-corrected chi connectivity index (χ3v) is 1.33. The average Bonchev–Trinajstić information content (AvgIpc) is 2.04. The van der Waals surface area contributed by atoms with Crippen LogP contribution in [0.5, 0.6) is 0 Å². The molecular formula is C9H14O3. The van der Waals surface area contributed by atoms with Crippen LogP contribution in [0, 0.1) is 0 Å². The highest BCUT2D eigenvalue weighted by atomic mass is 16.5. The molecule has 0 spiro atoms. The predicted molar refractivity (Wildman–Crippen MR) is 45.7 cm³/mol. The van der Waals surface area contributed by atoms with Crippen molar-refractivity contribution >= 4 is 12.3 Å². The summed E-state index contributed by atoms with van der Waals surface area (Å²) in [5.74, 6) is -0.383. The molecule has 0 saturated carbocycles. The molecule has 0 aromatic rings. The summed E-state index contributed by atoms with van der Waals surface area (Å²) in [6, 6.07) is 0. The number of hydrogen-bond donors (Lipinski definition) is 0. The van der Waals surface area contributed by atoms with Crippen LogP contribution in [0.25, 0.3) is 0 Å². The first-order valence-corrected chi connectivity index (χ1v) is 4.07. The Morgan fingerprint density at radius 2 is 2.08 bits per heavy atom. The molecule has 3 heteroatoms. The Kier molecular flexibility index (Phi) is 5.97. The fraction of sp³-hybridized carbons (Fsp3) is 0.556. The highest BCUT2D eigenvalue weighted by Gasteiger charge is 2.07. The molecule has 0 aliphatic carbocycles. The summed E-state index contributed by atoms with van der Waals surface area (Å²) < 4.78 is 4.74. The van der Waals surface area contributed by atoms with Crippen molar-refractivity contribution in [3.8, 4) is 0 Å². The summed E-state index contributed by atoms with van der Waals surface area (Å²) in [7, 11) is 0. The van der Waals surface area contributed by atoms with Gasteiger partial charge in [0.2, 0.25) is 0 Å². The van der Waals surface area contributed by atoms with Crippen molar-refractivity contribution in [2.75, 3.05) is 6.61 Å². The van der Waals surface area contributed by atoms with E-state index < -0.39 is 0 Å². The van der Waals surface area contributed by atoms with Gasteiger partial charge in [-0.15, -0.1) is 0 Å². The zero-order valence-corrected chi connectivity index (χ0v) is 7.50. The van der Waals surface area contributed by atoms with E-state index >= 15 is 0 Å². The third-order valence-electron chi connectivity index (χ3n) is 1.33. The number of ether oxygens (including phenoxy) is 1. The van der Waals surface area contributed by atoms with Gasteiger partial charge in [-0.1, -0.05) is 13.3 Å². The molecule has 0 saturated heterocycles. The van der Waals surface area contributed by atoms with Gasteiger partial charge in [-0.25, -0.2) is 4.79 Å². The number of aldehydes is 1. The van der Waals surface area contributed by atoms with Crippen molar-refractivity contribution in [2.24, 2.45) is 0 Å². The lowest BCUT2D eigenvalue weighted by atomic mass is 10.1. The summed E-state index contributed by atoms with van der Waals surface area (Å²) in [5.41, 5.74) is 0.453. The van der Waals surface area contributed by atoms with Gasteiger partial charge < -0.3 is 4.74 Å². The van der Waals surface area contributed by atoms with Gasteiger partial charge >= 0.3 is 5.97 Å². The standard InChI is InChI=1S/C9H14O3/c1-3-5-8(6-7-10)9(11)12-4-2/h6-7H,3-5H2,1-2H3. The Morgan fingerprint density at radius 1 is 1.42 bits per heavy atom. The minimum Gasteiger partial charge on any atom is -0.463 e. The molecule has 0 heterocycles. The molecule has 68 valence electrons. The zero-order chi connectivity index (χ0) is 9.40. The second kappa shape index (κ2) is 6.58. The van der Waals surface area contributed by atoms with Crippen molar-refractivity contribution in [1.82, 2.24) is 0 Å². The zero-order valence-electron chi connectivity index (χ0n) is 7.50. The third kappa shape index (κ3) is 3.91. The molecule has 0 unspecified atom stereocenters. The second-order valence-electron chi connectivity index (χ2n) is 2.30. The van der Waals surface area contributed by atoms with E-state index in [2.05, 4.69) is 0 Å². The maximum Gasteiger partial charge on any atom is 0.334 e. The summed E-state index contributed by atoms with van der Waals surface area (Å²) in [5, 5.41) is 0. The van der Waals surface area contributed by atoms with Gasteiger partial charge in [-0.05, 0) is 19.4 Å². The lowest BCUT2D eigenvalue weighted by Gasteiger charge is -2.03. The number of carbonyl (C=O) groups excluding carboxylic acids is 2. The lowest BCUT2D eigenvalue weighted by Crippen LogP contribution is -2.07. The van der Waals surface area contributed by atoms with Crippen LogP contribution in [-0.2, 0) is 14.3 Å². The quantitative estimate of drug-likeness (QED) is 0.356. The van der Waals surface area contributed by atoms with Crippen LogP contribution in [0.1, 0.15) is 26.7 Å². The molecule has 0 amide bonds. The molecule has 0 N–H and O–H groups in total. The maximum absolute atomic E-state index is 11.1. The Morgan fingerprint density at radius 3 is 2.50 bits per heavy atom. The van der Waals surface area contributed by atoms with Crippen LogP contribution in [0.15, 0.2) is 11.6 Å². The fourth-order valence-electron chi connectivity index (χ4n) is 0.829. The number of hydrogen-bond acceptors (Lipinski definition) is 3. The summed E-state index contributed by atoms with van der Waals surface area (Å²) in [4.78, 5) is 21.2. The van der Waals surface area contributed by atoms with E-state index in [0.29, 0.717) is 24.9 Å². The van der Waals surface area contributed by atoms with Crippen molar-refractivity contribution in [3.63, 3.8) is 0 Å². The van der Waals surface area contributed by atoms with Gasteiger partial charge in [0.05, 0.1) is 6.61 Å². The van der Waals surface area contributed by atoms with Gasteiger partial charge in [0.15, 0.2) is 0 Å². The molecule has 0 fully saturated rings. The topological polar surface area (TPSA) is 43.4 Å². The minimum absolute atomic E-state index is 0.346. The molecular weight excluding hydrogens is 156 g/mol. The number of allylic oxidation sites excluding steroid dienone is 1. The minimum atomic E-state index is -0.383. The molecule has 0 aromatic heterocycles. The Balaban J connectivity index is 4.19. The average molecular weight is 170 g/mol. The summed E-state index contributed by atoms with van der Waals surface area (Å²) in [6.07, 6.45) is 3.31. The van der Waals surface area contributed by atoms with E-state index in [1.165, 1.54) is 6.08 Å². The Labute approximate surface area is 72.4 Å². The van der Waals surface area contributed by atoms with Gasteiger partial charge in [0, 0.05) is 5.57 Å². The molecule has 12 heavy (non-hydrogen) atoms. The highest BCUT2D eigenvalue weighted by molar-refractivity contribution is 5.92. The lowest BCUT2D eigenvalue weighted by molar-refractivity contribution is -0.138. The van der Waals surface area contributed by atoms with E-state index in [1.54, 1.807) is 6.92 Å². The van der Waals surface area contributed by atoms with Crippen molar-refractivity contribution in [3.05, 3.63) is 11.6 Å². The van der Waals surface area contributed by atoms with E-state index in [9.17, 15) is 9.59 Å². The van der Waals surface area contributed by atoms with E-state index in [0.717, 1.165) is 6.42 Å². The highest BCUT2D eigenvalue weighted by Crippen LogP contribution is 2.05. The largest absolute Gasteiger partial charge is 0.463 e. The molecule has 0 aromatic carbocycles. The monoisotopic (exact) mass is 170 g/mol. The first kappa shape index (κ1) is 10.9. The fourth-order valence-corrected chi connectivity index (χ4v) is 0.829.